The molecule has 8 nitrogen and oxygen atoms in total. The molecule has 36 heavy (non-hydrogen) atoms. The highest BCUT2D eigenvalue weighted by molar-refractivity contribution is 6.00. The van der Waals surface area contributed by atoms with Crippen LogP contribution >= 0.6 is 0 Å². The number of nitrogens with zero attached hydrogens (tertiary/aromatic N) is 6. The van der Waals surface area contributed by atoms with Crippen LogP contribution in [0.1, 0.15) is 0 Å². The second-order valence-corrected chi connectivity index (χ2v) is 9.81. The zero-order chi connectivity index (χ0) is 25.7. The summed E-state index contributed by atoms with van der Waals surface area (Å²) in [6, 6.07) is 19.1. The average Bonchev–Trinajstić information content (AvgIpc) is 3.47. The lowest BCUT2D eigenvalue weighted by atomic mass is 10.2. The lowest BCUT2D eigenvalue weighted by Gasteiger charge is -2.17. The molecule has 0 aliphatic carbocycles. The average molecular weight is 481 g/mol. The largest absolute Gasteiger partial charge is 0.376 e. The third kappa shape index (κ3) is 3.83. The van der Waals surface area contributed by atoms with Crippen LogP contribution in [0.3, 0.4) is 0 Å². The van der Waals surface area contributed by atoms with E-state index in [-0.39, 0.29) is 0 Å². The van der Waals surface area contributed by atoms with Gasteiger partial charge in [0.25, 0.3) is 0 Å². The molecule has 0 aliphatic rings. The van der Waals surface area contributed by atoms with Gasteiger partial charge in [0.05, 0.1) is 44.9 Å². The van der Waals surface area contributed by atoms with Crippen molar-refractivity contribution < 1.29 is 0 Å². The number of nitrogens with one attached hydrogen (secondary N) is 2. The van der Waals surface area contributed by atoms with Crippen molar-refractivity contribution in [3.63, 3.8) is 0 Å². The van der Waals surface area contributed by atoms with Gasteiger partial charge in [0.1, 0.15) is 22.7 Å². The van der Waals surface area contributed by atoms with E-state index in [1.807, 2.05) is 68.5 Å². The number of hydrogen-bond donors (Lipinski definition) is 2. The number of anilines is 4. The van der Waals surface area contributed by atoms with Crippen molar-refractivity contribution >= 4 is 44.8 Å². The molecule has 2 heterocycles. The first-order chi connectivity index (χ1) is 17.2. The smallest absolute Gasteiger partial charge is 0.147 e. The Labute approximate surface area is 212 Å². The monoisotopic (exact) mass is 480 g/mol. The molecule has 0 saturated heterocycles. The topological polar surface area (TPSA) is 70.3 Å². The minimum atomic E-state index is 0.764. The maximum atomic E-state index is 4.94. The van der Waals surface area contributed by atoms with E-state index in [1.54, 1.807) is 0 Å². The molecular formula is C28H32N8. The van der Waals surface area contributed by atoms with Crippen molar-refractivity contribution in [3.8, 4) is 22.8 Å². The quantitative estimate of drug-likeness (QED) is 0.369. The van der Waals surface area contributed by atoms with Crippen LogP contribution in [0, 0.1) is 12.1 Å². The van der Waals surface area contributed by atoms with E-state index in [0.717, 1.165) is 67.6 Å². The van der Waals surface area contributed by atoms with Crippen LogP contribution < -0.4 is 19.6 Å². The molecule has 184 valence electrons. The Morgan fingerprint density at radius 3 is 1.14 bits per heavy atom. The van der Waals surface area contributed by atoms with Crippen LogP contribution in [0.5, 0.6) is 0 Å². The van der Waals surface area contributed by atoms with Crippen LogP contribution in [0.15, 0.2) is 36.4 Å². The lowest BCUT2D eigenvalue weighted by molar-refractivity contribution is 1.12. The van der Waals surface area contributed by atoms with Crippen molar-refractivity contribution in [1.29, 1.82) is 0 Å². The molecule has 2 N–H and O–H groups in total. The van der Waals surface area contributed by atoms with Gasteiger partial charge in [-0.1, -0.05) is 12.1 Å². The maximum Gasteiger partial charge on any atom is 0.147 e. The third-order valence-corrected chi connectivity index (χ3v) is 6.39. The Morgan fingerprint density at radius 1 is 0.500 bits per heavy atom. The van der Waals surface area contributed by atoms with Gasteiger partial charge in [0, 0.05) is 56.4 Å². The molecule has 3 aromatic carbocycles. The standard InChI is InChI=1S/C28H32N8/c1-33(2)19-13-14-20(34(3)4)24-23(19)29-27(30-24)17-9-11-18(12-10-17)28-31-25-21(35(5)6)15-16-22(36(7)8)26(25)32-28/h9,11,13-16H,1-8H3,(H,29,30)(H,31,32). The molecule has 0 aliphatic heterocycles. The van der Waals surface area contributed by atoms with Gasteiger partial charge in [-0.15, -0.1) is 0 Å². The predicted molar refractivity (Wildman–Crippen MR) is 152 cm³/mol. The van der Waals surface area contributed by atoms with Crippen LogP contribution in [0.4, 0.5) is 22.7 Å². The number of benzene rings is 2. The van der Waals surface area contributed by atoms with E-state index < -0.39 is 0 Å². The van der Waals surface area contributed by atoms with Crippen LogP contribution in [0.2, 0.25) is 0 Å². The number of H-pyrrole nitrogens is 2. The summed E-state index contributed by atoms with van der Waals surface area (Å²) in [6.45, 7) is 0. The van der Waals surface area contributed by atoms with Crippen LogP contribution in [-0.4, -0.2) is 76.3 Å². The van der Waals surface area contributed by atoms with E-state index in [0.29, 0.717) is 0 Å². The van der Waals surface area contributed by atoms with Crippen molar-refractivity contribution in [2.24, 2.45) is 0 Å². The van der Waals surface area contributed by atoms with Gasteiger partial charge in [-0.2, -0.15) is 0 Å². The first-order valence-electron chi connectivity index (χ1n) is 11.8. The van der Waals surface area contributed by atoms with Crippen molar-refractivity contribution in [2.75, 3.05) is 76.0 Å². The number of imidazole rings is 2. The normalized spacial score (nSPS) is 11.1. The third-order valence-electron chi connectivity index (χ3n) is 6.39. The highest BCUT2D eigenvalue weighted by Crippen LogP contribution is 2.35. The summed E-state index contributed by atoms with van der Waals surface area (Å²) in [5, 5.41) is 0. The Balaban J connectivity index is 1.57. The van der Waals surface area contributed by atoms with Crippen molar-refractivity contribution in [2.45, 2.75) is 0 Å². The highest BCUT2D eigenvalue weighted by atomic mass is 15.1. The SMILES string of the molecule is CN(C)c1ccc(N(C)C)c2[nH]c(-c3c#cc(-c4nc5c(N(C)C)ccc(N(C)C)c5[nH]4)cc3)nc12. The maximum absolute atomic E-state index is 4.94. The summed E-state index contributed by atoms with van der Waals surface area (Å²) in [4.78, 5) is 25.2. The van der Waals surface area contributed by atoms with Crippen molar-refractivity contribution in [3.05, 3.63) is 48.5 Å². The summed E-state index contributed by atoms with van der Waals surface area (Å²) in [5.74, 6) is 1.53. The molecule has 0 radical (unpaired) electrons. The first kappa shape index (κ1) is 23.4. The molecule has 0 saturated carbocycles. The van der Waals surface area contributed by atoms with E-state index >= 15 is 0 Å². The Bertz CT molecular complexity index is 1330. The van der Waals surface area contributed by atoms with Gasteiger partial charge in [-0.25, -0.2) is 9.97 Å². The molecule has 5 aromatic rings. The number of hydrogen-bond acceptors (Lipinski definition) is 6. The van der Waals surface area contributed by atoms with Crippen molar-refractivity contribution in [1.82, 2.24) is 19.9 Å². The summed E-state index contributed by atoms with van der Waals surface area (Å²) >= 11 is 0. The minimum absolute atomic E-state index is 0.764. The number of aromatic amines is 2. The molecule has 8 heteroatoms. The molecular weight excluding hydrogens is 448 g/mol. The summed E-state index contributed by atoms with van der Waals surface area (Å²) in [5.41, 5.74) is 9.88. The fraction of sp³-hybridized carbons (Fsp3) is 0.286. The summed E-state index contributed by atoms with van der Waals surface area (Å²) in [7, 11) is 16.3. The van der Waals surface area contributed by atoms with Gasteiger partial charge in [0.15, 0.2) is 0 Å². The van der Waals surface area contributed by atoms with Gasteiger partial charge < -0.3 is 29.6 Å². The fourth-order valence-electron chi connectivity index (χ4n) is 4.51. The molecule has 0 unspecified atom stereocenters. The second kappa shape index (κ2) is 8.68. The molecule has 0 bridgehead atoms. The van der Waals surface area contributed by atoms with Gasteiger partial charge in [0.2, 0.25) is 0 Å². The molecule has 0 fully saturated rings. The molecule has 0 spiro atoms. The Hall–Kier alpha value is -4.38. The lowest BCUT2D eigenvalue weighted by Crippen LogP contribution is -2.12. The molecule has 5 rings (SSSR count). The zero-order valence-corrected chi connectivity index (χ0v) is 22.1. The summed E-state index contributed by atoms with van der Waals surface area (Å²) in [6.07, 6.45) is 0. The predicted octanol–water partition coefficient (Wildman–Crippen LogP) is 4.64. The van der Waals surface area contributed by atoms with Gasteiger partial charge >= 0.3 is 0 Å². The van der Waals surface area contributed by atoms with E-state index in [9.17, 15) is 0 Å². The first-order valence-corrected chi connectivity index (χ1v) is 11.8. The van der Waals surface area contributed by atoms with Crippen LogP contribution in [0.25, 0.3) is 44.8 Å². The van der Waals surface area contributed by atoms with E-state index in [2.05, 4.69) is 66.0 Å². The molecule has 0 amide bonds. The van der Waals surface area contributed by atoms with Gasteiger partial charge in [-0.3, -0.25) is 0 Å². The number of aromatic nitrogens is 4. The van der Waals surface area contributed by atoms with E-state index in [1.165, 1.54) is 0 Å². The zero-order valence-electron chi connectivity index (χ0n) is 22.1. The highest BCUT2D eigenvalue weighted by Gasteiger charge is 2.17. The summed E-state index contributed by atoms with van der Waals surface area (Å²) < 4.78 is 0. The Kier molecular flexibility index (Phi) is 5.64. The number of fused-ring (bicyclic) bond motifs is 2. The molecule has 2 aromatic heterocycles. The minimum Gasteiger partial charge on any atom is -0.376 e. The Morgan fingerprint density at radius 2 is 0.833 bits per heavy atom. The fourth-order valence-corrected chi connectivity index (χ4v) is 4.51. The second-order valence-electron chi connectivity index (χ2n) is 9.81. The van der Waals surface area contributed by atoms with E-state index in [4.69, 9.17) is 9.97 Å². The van der Waals surface area contributed by atoms with Crippen LogP contribution in [-0.2, 0) is 0 Å². The van der Waals surface area contributed by atoms with Gasteiger partial charge in [-0.05, 0) is 36.4 Å². The molecule has 0 atom stereocenters. The number of rotatable bonds is 6.